The third-order valence-corrected chi connectivity index (χ3v) is 3.84. The van der Waals surface area contributed by atoms with Crippen LogP contribution in [-0.2, 0) is 16.0 Å². The number of rotatable bonds is 5. The van der Waals surface area contributed by atoms with Gasteiger partial charge in [-0.15, -0.1) is 21.6 Å². The zero-order valence-electron chi connectivity index (χ0n) is 12.3. The molecular formula is C15H14N4O3S. The normalized spacial score (nSPS) is 11.3. The number of esters is 1. The number of aromatic nitrogens is 2. The van der Waals surface area contributed by atoms with Crippen LogP contribution in [0.4, 0.5) is 10.8 Å². The molecule has 0 saturated heterocycles. The minimum atomic E-state index is -0.324. The fourth-order valence-corrected chi connectivity index (χ4v) is 2.73. The number of nitrogens with zero attached hydrogens (tertiary/aromatic N) is 3. The van der Waals surface area contributed by atoms with E-state index in [0.717, 1.165) is 10.9 Å². The van der Waals surface area contributed by atoms with Gasteiger partial charge in [-0.25, -0.2) is 4.98 Å². The van der Waals surface area contributed by atoms with Crippen LogP contribution in [0.5, 0.6) is 5.88 Å². The van der Waals surface area contributed by atoms with Crippen LogP contribution in [0.2, 0.25) is 0 Å². The van der Waals surface area contributed by atoms with Crippen LogP contribution >= 0.6 is 11.3 Å². The second-order valence-electron chi connectivity index (χ2n) is 4.67. The number of fused-ring (bicyclic) bond motifs is 1. The van der Waals surface area contributed by atoms with E-state index in [1.807, 2.05) is 24.3 Å². The number of thiazole rings is 1. The van der Waals surface area contributed by atoms with Gasteiger partial charge in [-0.3, -0.25) is 4.79 Å². The Hall–Kier alpha value is -2.74. The lowest BCUT2D eigenvalue weighted by Gasteiger charge is -1.97. The first-order chi connectivity index (χ1) is 11.2. The molecule has 3 aromatic rings. The molecule has 8 heteroatoms. The zero-order valence-corrected chi connectivity index (χ0v) is 13.1. The maximum Gasteiger partial charge on any atom is 0.311 e. The highest BCUT2D eigenvalue weighted by molar-refractivity contribution is 7.13. The maximum atomic E-state index is 11.4. The third kappa shape index (κ3) is 3.37. The number of hydrogen-bond acceptors (Lipinski definition) is 7. The van der Waals surface area contributed by atoms with E-state index >= 15 is 0 Å². The van der Waals surface area contributed by atoms with Crippen molar-refractivity contribution in [3.05, 3.63) is 35.3 Å². The van der Waals surface area contributed by atoms with E-state index in [1.54, 1.807) is 12.3 Å². The van der Waals surface area contributed by atoms with Gasteiger partial charge in [0, 0.05) is 10.8 Å². The fraction of sp³-hybridized carbons (Fsp3) is 0.200. The van der Waals surface area contributed by atoms with Gasteiger partial charge >= 0.3 is 5.97 Å². The monoisotopic (exact) mass is 330 g/mol. The van der Waals surface area contributed by atoms with Crippen molar-refractivity contribution in [1.82, 2.24) is 9.97 Å². The molecule has 0 aliphatic rings. The lowest BCUT2D eigenvalue weighted by molar-refractivity contribution is -0.142. The number of benzene rings is 1. The molecule has 0 radical (unpaired) electrons. The molecule has 118 valence electrons. The molecule has 7 nitrogen and oxygen atoms in total. The number of azo groups is 1. The lowest BCUT2D eigenvalue weighted by atomic mass is 10.2. The van der Waals surface area contributed by atoms with Gasteiger partial charge < -0.3 is 14.8 Å². The molecule has 0 bridgehead atoms. The SMILES string of the molecule is CCOC(=O)Cc1csc(/N=N/c2c(O)[nH]c3ccccc23)n1. The zero-order chi connectivity index (χ0) is 16.2. The van der Waals surface area contributed by atoms with Crippen LogP contribution in [0.25, 0.3) is 10.9 Å². The molecule has 1 aromatic carbocycles. The second kappa shape index (κ2) is 6.57. The van der Waals surface area contributed by atoms with Gasteiger partial charge in [0.1, 0.15) is 0 Å². The van der Waals surface area contributed by atoms with Crippen LogP contribution in [-0.4, -0.2) is 27.7 Å². The van der Waals surface area contributed by atoms with Gasteiger partial charge in [0.25, 0.3) is 0 Å². The molecule has 0 unspecified atom stereocenters. The quantitative estimate of drug-likeness (QED) is 0.548. The van der Waals surface area contributed by atoms with Crippen molar-refractivity contribution in [2.24, 2.45) is 10.2 Å². The Morgan fingerprint density at radius 2 is 2.22 bits per heavy atom. The Kier molecular flexibility index (Phi) is 4.33. The van der Waals surface area contributed by atoms with E-state index in [2.05, 4.69) is 20.2 Å². The van der Waals surface area contributed by atoms with E-state index < -0.39 is 0 Å². The summed E-state index contributed by atoms with van der Waals surface area (Å²) >= 11 is 1.27. The van der Waals surface area contributed by atoms with Crippen molar-refractivity contribution in [1.29, 1.82) is 0 Å². The number of carbonyl (C=O) groups is 1. The molecule has 23 heavy (non-hydrogen) atoms. The summed E-state index contributed by atoms with van der Waals surface area (Å²) in [5, 5.41) is 20.9. The van der Waals surface area contributed by atoms with Gasteiger partial charge in [-0.05, 0) is 13.0 Å². The molecule has 0 aliphatic heterocycles. The summed E-state index contributed by atoms with van der Waals surface area (Å²) in [4.78, 5) is 18.4. The highest BCUT2D eigenvalue weighted by Gasteiger charge is 2.11. The summed E-state index contributed by atoms with van der Waals surface area (Å²) in [5.74, 6) is -0.367. The minimum absolute atomic E-state index is 0.0433. The molecule has 0 aliphatic carbocycles. The van der Waals surface area contributed by atoms with E-state index in [9.17, 15) is 9.90 Å². The molecule has 0 saturated carbocycles. The molecule has 2 aromatic heterocycles. The summed E-state index contributed by atoms with van der Waals surface area (Å²) in [6, 6.07) is 7.40. The first-order valence-electron chi connectivity index (χ1n) is 6.99. The van der Waals surface area contributed by atoms with Crippen LogP contribution in [0.3, 0.4) is 0 Å². The van der Waals surface area contributed by atoms with Crippen molar-refractivity contribution in [3.63, 3.8) is 0 Å². The fourth-order valence-electron chi connectivity index (χ4n) is 2.09. The average Bonchev–Trinajstić information content (AvgIpc) is 3.09. The second-order valence-corrected chi connectivity index (χ2v) is 5.51. The van der Waals surface area contributed by atoms with Gasteiger partial charge in [0.05, 0.1) is 24.2 Å². The number of para-hydroxylation sites is 1. The molecule has 0 fully saturated rings. The van der Waals surface area contributed by atoms with Gasteiger partial charge in [0.2, 0.25) is 11.0 Å². The standard InChI is InChI=1S/C15H14N4O3S/c1-2-22-12(20)7-9-8-23-15(16-9)19-18-13-10-5-3-4-6-11(10)17-14(13)21/h3-6,8,17,21H,2,7H2,1H3/b19-18+. The lowest BCUT2D eigenvalue weighted by Crippen LogP contribution is -2.07. The summed E-state index contributed by atoms with van der Waals surface area (Å²) in [6.07, 6.45) is 0.109. The summed E-state index contributed by atoms with van der Waals surface area (Å²) in [5.41, 5.74) is 1.73. The van der Waals surface area contributed by atoms with E-state index in [-0.39, 0.29) is 18.3 Å². The van der Waals surface area contributed by atoms with Crippen molar-refractivity contribution < 1.29 is 14.6 Å². The van der Waals surface area contributed by atoms with Crippen molar-refractivity contribution in [3.8, 4) is 5.88 Å². The summed E-state index contributed by atoms with van der Waals surface area (Å²) in [6.45, 7) is 2.10. The Morgan fingerprint density at radius 3 is 3.04 bits per heavy atom. The van der Waals surface area contributed by atoms with Crippen LogP contribution < -0.4 is 0 Å². The number of aromatic amines is 1. The van der Waals surface area contributed by atoms with Gasteiger partial charge in [0.15, 0.2) is 5.69 Å². The molecule has 0 atom stereocenters. The first kappa shape index (κ1) is 15.2. The first-order valence-corrected chi connectivity index (χ1v) is 7.86. The molecule has 3 rings (SSSR count). The molecule has 0 amide bonds. The van der Waals surface area contributed by atoms with E-state index in [1.165, 1.54) is 11.3 Å². The highest BCUT2D eigenvalue weighted by atomic mass is 32.1. The maximum absolute atomic E-state index is 11.4. The number of aromatic hydroxyl groups is 1. The van der Waals surface area contributed by atoms with E-state index in [4.69, 9.17) is 4.74 Å². The minimum Gasteiger partial charge on any atom is -0.493 e. The third-order valence-electron chi connectivity index (χ3n) is 3.07. The summed E-state index contributed by atoms with van der Waals surface area (Å²) < 4.78 is 4.87. The number of hydrogen-bond donors (Lipinski definition) is 2. The largest absolute Gasteiger partial charge is 0.493 e. The predicted molar refractivity (Wildman–Crippen MR) is 86.6 cm³/mol. The Bertz CT molecular complexity index is 869. The topological polar surface area (TPSA) is 99.9 Å². The summed E-state index contributed by atoms with van der Waals surface area (Å²) in [7, 11) is 0. The molecule has 0 spiro atoms. The molecular weight excluding hydrogens is 316 g/mol. The Morgan fingerprint density at radius 1 is 1.39 bits per heavy atom. The van der Waals surface area contributed by atoms with Gasteiger partial charge in [-0.1, -0.05) is 18.2 Å². The van der Waals surface area contributed by atoms with Crippen molar-refractivity contribution in [2.75, 3.05) is 6.61 Å². The van der Waals surface area contributed by atoms with Crippen molar-refractivity contribution >= 4 is 39.0 Å². The smallest absolute Gasteiger partial charge is 0.311 e. The van der Waals surface area contributed by atoms with Crippen molar-refractivity contribution in [2.45, 2.75) is 13.3 Å². The van der Waals surface area contributed by atoms with Crippen LogP contribution in [0.1, 0.15) is 12.6 Å². The highest BCUT2D eigenvalue weighted by Crippen LogP contribution is 2.36. The van der Waals surface area contributed by atoms with Crippen LogP contribution in [0.15, 0.2) is 39.9 Å². The van der Waals surface area contributed by atoms with Gasteiger partial charge in [-0.2, -0.15) is 0 Å². The predicted octanol–water partition coefficient (Wildman–Crippen LogP) is 3.85. The molecule has 2 heterocycles. The number of ether oxygens (including phenoxy) is 1. The van der Waals surface area contributed by atoms with Crippen LogP contribution in [0, 0.1) is 0 Å². The number of nitrogens with one attached hydrogen (secondary N) is 1. The number of carbonyl (C=O) groups excluding carboxylic acids is 1. The Labute approximate surface area is 135 Å². The average molecular weight is 330 g/mol. The van der Waals surface area contributed by atoms with E-state index in [0.29, 0.717) is 23.1 Å². The number of H-pyrrole nitrogens is 1. The Balaban J connectivity index is 1.79. The molecule has 2 N–H and O–H groups in total.